The van der Waals surface area contributed by atoms with Crippen LogP contribution in [0.5, 0.6) is 0 Å². The van der Waals surface area contributed by atoms with Crippen molar-refractivity contribution in [3.63, 3.8) is 0 Å². The van der Waals surface area contributed by atoms with Crippen LogP contribution in [0.4, 0.5) is 5.69 Å². The topological polar surface area (TPSA) is 154 Å². The number of hydroxylamine groups is 1. The Balaban J connectivity index is 1.57. The van der Waals surface area contributed by atoms with E-state index in [1.807, 2.05) is 42.5 Å². The van der Waals surface area contributed by atoms with E-state index < -0.39 is 30.0 Å². The minimum absolute atomic E-state index is 0.251. The van der Waals surface area contributed by atoms with Crippen molar-refractivity contribution in [1.82, 2.24) is 10.8 Å². The average Bonchev–Trinajstić information content (AvgIpc) is 2.90. The normalized spacial score (nSPS) is 13.2. The van der Waals surface area contributed by atoms with Gasteiger partial charge in [-0.1, -0.05) is 54.6 Å². The van der Waals surface area contributed by atoms with Crippen LogP contribution in [0, 0.1) is 0 Å². The number of anilines is 1. The summed E-state index contributed by atoms with van der Waals surface area (Å²) in [5, 5.41) is 23.7. The van der Waals surface area contributed by atoms with Crippen LogP contribution in [-0.4, -0.2) is 46.2 Å². The molecule has 3 amide bonds. The number of hydrogen-bond donors (Lipinski definition) is 6. The lowest BCUT2D eigenvalue weighted by Crippen LogP contribution is -2.51. The fourth-order valence-corrected chi connectivity index (χ4v) is 3.59. The maximum atomic E-state index is 12.4. The van der Waals surface area contributed by atoms with Crippen LogP contribution in [0.2, 0.25) is 0 Å². The molecule has 0 aromatic heterocycles. The number of aryl methyl sites for hydroxylation is 1. The zero-order valence-corrected chi connectivity index (χ0v) is 19.8. The smallest absolute Gasteiger partial charge is 0.268 e. The van der Waals surface area contributed by atoms with Crippen LogP contribution in [0.3, 0.4) is 0 Å². The Bertz CT molecular complexity index is 1170. The number of aliphatic hydroxyl groups is 1. The number of nitrogens with one attached hydrogen (secondary N) is 3. The minimum atomic E-state index is -1.30. The maximum absolute atomic E-state index is 12.4. The first-order valence-corrected chi connectivity index (χ1v) is 11.5. The van der Waals surface area contributed by atoms with Gasteiger partial charge in [-0.05, 0) is 60.7 Å². The summed E-state index contributed by atoms with van der Waals surface area (Å²) in [6, 6.07) is 21.8. The second-order valence-electron chi connectivity index (χ2n) is 8.44. The van der Waals surface area contributed by atoms with Gasteiger partial charge in [0.05, 0.1) is 12.1 Å². The van der Waals surface area contributed by atoms with Gasteiger partial charge in [-0.3, -0.25) is 19.6 Å². The Morgan fingerprint density at radius 2 is 1.44 bits per heavy atom. The van der Waals surface area contributed by atoms with Gasteiger partial charge < -0.3 is 21.5 Å². The quantitative estimate of drug-likeness (QED) is 0.189. The Labute approximate surface area is 209 Å². The van der Waals surface area contributed by atoms with Crippen LogP contribution in [0.1, 0.15) is 29.3 Å². The third-order valence-electron chi connectivity index (χ3n) is 5.72. The fourth-order valence-electron chi connectivity index (χ4n) is 3.59. The van der Waals surface area contributed by atoms with Crippen LogP contribution >= 0.6 is 0 Å². The molecule has 9 heteroatoms. The maximum Gasteiger partial charge on any atom is 0.268 e. The second kappa shape index (κ2) is 12.6. The van der Waals surface area contributed by atoms with Crippen LogP contribution in [0.25, 0.3) is 11.1 Å². The Hall–Kier alpha value is -4.05. The molecular formula is C27H30N4O5. The highest BCUT2D eigenvalue weighted by Crippen LogP contribution is 2.22. The predicted octanol–water partition coefficient (Wildman–Crippen LogP) is 2.24. The monoisotopic (exact) mass is 490 g/mol. The summed E-state index contributed by atoms with van der Waals surface area (Å²) in [7, 11) is 0. The molecule has 0 spiro atoms. The van der Waals surface area contributed by atoms with Crippen LogP contribution < -0.4 is 21.8 Å². The molecule has 3 aromatic carbocycles. The molecule has 0 aliphatic heterocycles. The minimum Gasteiger partial charge on any atom is -0.391 e. The Morgan fingerprint density at radius 1 is 0.861 bits per heavy atom. The third kappa shape index (κ3) is 7.22. The zero-order valence-electron chi connectivity index (χ0n) is 19.8. The fraction of sp³-hybridized carbons (Fsp3) is 0.222. The van der Waals surface area contributed by atoms with E-state index in [9.17, 15) is 19.5 Å². The van der Waals surface area contributed by atoms with Crippen molar-refractivity contribution in [3.05, 3.63) is 90.0 Å². The summed E-state index contributed by atoms with van der Waals surface area (Å²) < 4.78 is 0. The summed E-state index contributed by atoms with van der Waals surface area (Å²) in [6.45, 7) is 1.33. The molecule has 0 heterocycles. The first kappa shape index (κ1) is 26.6. The third-order valence-corrected chi connectivity index (χ3v) is 5.72. The lowest BCUT2D eigenvalue weighted by molar-refractivity contribution is -0.133. The van der Waals surface area contributed by atoms with Gasteiger partial charge in [0, 0.05) is 11.3 Å². The molecule has 0 aliphatic rings. The van der Waals surface area contributed by atoms with E-state index in [2.05, 4.69) is 10.6 Å². The molecule has 3 rings (SSSR count). The van der Waals surface area contributed by atoms with Gasteiger partial charge >= 0.3 is 0 Å². The van der Waals surface area contributed by atoms with Crippen molar-refractivity contribution in [1.29, 1.82) is 0 Å². The lowest BCUT2D eigenvalue weighted by atomic mass is 10.0. The molecular weight excluding hydrogens is 460 g/mol. The number of amides is 3. The number of carbonyl (C=O) groups excluding carboxylic acids is 3. The molecule has 9 nitrogen and oxygen atoms in total. The molecule has 0 saturated carbocycles. The number of hydrogen-bond acceptors (Lipinski definition) is 6. The van der Waals surface area contributed by atoms with E-state index in [1.54, 1.807) is 36.4 Å². The van der Waals surface area contributed by atoms with Gasteiger partial charge in [0.1, 0.15) is 6.04 Å². The number of benzene rings is 3. The highest BCUT2D eigenvalue weighted by atomic mass is 16.5. The molecule has 3 atom stereocenters. The predicted molar refractivity (Wildman–Crippen MR) is 136 cm³/mol. The molecule has 188 valence electrons. The SMILES string of the molecule is C[C@@H](O)[C@H](NC(=O)c1ccc(-c2ccc(NC(=O)[C@H](N)CCc3ccccc3)cc2)cc1)C(=O)NO. The largest absolute Gasteiger partial charge is 0.391 e. The van der Waals surface area contributed by atoms with Crippen molar-refractivity contribution in [2.75, 3.05) is 5.32 Å². The summed E-state index contributed by atoms with van der Waals surface area (Å²) in [4.78, 5) is 36.5. The summed E-state index contributed by atoms with van der Waals surface area (Å²) in [6.07, 6.45) is 0.0606. The van der Waals surface area contributed by atoms with Gasteiger partial charge in [0.15, 0.2) is 0 Å². The standard InChI is InChI=1S/C27H30N4O5/c1-17(32)24(27(35)31-36)30-25(33)21-10-8-19(9-11-21)20-12-14-22(15-13-20)29-26(34)23(28)16-7-18-5-3-2-4-6-18/h2-6,8-15,17,23-24,32,36H,7,16,28H2,1H3,(H,29,34)(H,30,33)(H,31,35)/t17-,23-,24+/m1/s1. The van der Waals surface area contributed by atoms with Crippen molar-refractivity contribution in [2.24, 2.45) is 5.73 Å². The Morgan fingerprint density at radius 3 is 2.00 bits per heavy atom. The van der Waals surface area contributed by atoms with Gasteiger partial charge in [0.25, 0.3) is 11.8 Å². The average molecular weight is 491 g/mol. The van der Waals surface area contributed by atoms with Gasteiger partial charge in [-0.15, -0.1) is 0 Å². The van der Waals surface area contributed by atoms with Crippen LogP contribution in [0.15, 0.2) is 78.9 Å². The molecule has 0 bridgehead atoms. The zero-order chi connectivity index (χ0) is 26.1. The van der Waals surface area contributed by atoms with E-state index in [1.165, 1.54) is 12.4 Å². The van der Waals surface area contributed by atoms with Gasteiger partial charge in [-0.25, -0.2) is 5.48 Å². The number of carbonyl (C=O) groups is 3. The first-order valence-electron chi connectivity index (χ1n) is 11.5. The number of rotatable bonds is 10. The van der Waals surface area contributed by atoms with Crippen molar-refractivity contribution < 1.29 is 24.7 Å². The first-order chi connectivity index (χ1) is 17.3. The van der Waals surface area contributed by atoms with Crippen molar-refractivity contribution in [2.45, 2.75) is 38.0 Å². The molecule has 0 aliphatic carbocycles. The molecule has 0 fully saturated rings. The van der Waals surface area contributed by atoms with E-state index in [0.29, 0.717) is 12.1 Å². The van der Waals surface area contributed by atoms with Gasteiger partial charge in [-0.2, -0.15) is 0 Å². The molecule has 0 unspecified atom stereocenters. The number of aliphatic hydroxyl groups excluding tert-OH is 1. The van der Waals surface area contributed by atoms with Gasteiger partial charge in [0.2, 0.25) is 5.91 Å². The summed E-state index contributed by atoms with van der Waals surface area (Å²) in [5.74, 6) is -1.74. The summed E-state index contributed by atoms with van der Waals surface area (Å²) >= 11 is 0. The molecule has 7 N–H and O–H groups in total. The molecule has 0 saturated heterocycles. The van der Waals surface area contributed by atoms with E-state index in [0.717, 1.165) is 23.1 Å². The van der Waals surface area contributed by atoms with Crippen LogP contribution in [-0.2, 0) is 16.0 Å². The molecule has 3 aromatic rings. The lowest BCUT2D eigenvalue weighted by Gasteiger charge is -2.19. The van der Waals surface area contributed by atoms with Crippen molar-refractivity contribution in [3.8, 4) is 11.1 Å². The highest BCUT2D eigenvalue weighted by molar-refractivity contribution is 5.98. The Kier molecular flexibility index (Phi) is 9.29. The second-order valence-corrected chi connectivity index (χ2v) is 8.44. The van der Waals surface area contributed by atoms with E-state index >= 15 is 0 Å². The van der Waals surface area contributed by atoms with Crippen molar-refractivity contribution >= 4 is 23.4 Å². The highest BCUT2D eigenvalue weighted by Gasteiger charge is 2.25. The number of nitrogens with two attached hydrogens (primary N) is 1. The van der Waals surface area contributed by atoms with E-state index in [-0.39, 0.29) is 11.5 Å². The summed E-state index contributed by atoms with van der Waals surface area (Å²) in [5.41, 5.74) is 11.2. The molecule has 36 heavy (non-hydrogen) atoms. The molecule has 0 radical (unpaired) electrons. The van der Waals surface area contributed by atoms with E-state index in [4.69, 9.17) is 10.9 Å².